The Hall–Kier alpha value is -3.58. The first-order valence-electron chi connectivity index (χ1n) is 10.3. The van der Waals surface area contributed by atoms with Gasteiger partial charge in [0.2, 0.25) is 11.8 Å². The maximum atomic E-state index is 13.3. The van der Waals surface area contributed by atoms with Gasteiger partial charge in [-0.05, 0) is 55.4 Å². The highest BCUT2D eigenvalue weighted by molar-refractivity contribution is 8.00. The molecule has 0 fully saturated rings. The summed E-state index contributed by atoms with van der Waals surface area (Å²) in [5.41, 5.74) is 3.43. The fourth-order valence-electron chi connectivity index (χ4n) is 3.12. The third-order valence-corrected chi connectivity index (χ3v) is 5.80. The van der Waals surface area contributed by atoms with Gasteiger partial charge in [-0.2, -0.15) is 0 Å². The van der Waals surface area contributed by atoms with E-state index in [9.17, 15) is 4.79 Å². The van der Waals surface area contributed by atoms with Crippen molar-refractivity contribution in [1.29, 1.82) is 0 Å². The normalized spacial score (nSPS) is 11.7. The molecule has 1 amide bonds. The van der Waals surface area contributed by atoms with Crippen molar-refractivity contribution < 1.29 is 13.9 Å². The Kier molecular flexibility index (Phi) is 6.87. The number of amides is 1. The molecule has 4 aromatic rings. The van der Waals surface area contributed by atoms with Gasteiger partial charge in [-0.15, -0.1) is 10.2 Å². The monoisotopic (exact) mass is 445 g/mol. The lowest BCUT2D eigenvalue weighted by Gasteiger charge is -2.17. The predicted molar refractivity (Wildman–Crippen MR) is 126 cm³/mol. The molecule has 6 nitrogen and oxygen atoms in total. The lowest BCUT2D eigenvalue weighted by molar-refractivity contribution is -0.115. The van der Waals surface area contributed by atoms with Crippen molar-refractivity contribution in [2.24, 2.45) is 0 Å². The Bertz CT molecular complexity index is 1180. The summed E-state index contributed by atoms with van der Waals surface area (Å²) in [6.07, 6.45) is 0. The van der Waals surface area contributed by atoms with Gasteiger partial charge in [-0.3, -0.25) is 4.79 Å². The molecular weight excluding hydrogens is 422 g/mol. The van der Waals surface area contributed by atoms with Gasteiger partial charge in [0, 0.05) is 5.56 Å². The van der Waals surface area contributed by atoms with Crippen LogP contribution >= 0.6 is 11.8 Å². The predicted octanol–water partition coefficient (Wildman–Crippen LogP) is 5.92. The number of aryl methyl sites for hydroxylation is 1. The average molecular weight is 446 g/mol. The molecule has 0 aliphatic rings. The number of rotatable bonds is 8. The molecule has 32 heavy (non-hydrogen) atoms. The minimum Gasteiger partial charge on any atom is -0.492 e. The van der Waals surface area contributed by atoms with Gasteiger partial charge in [-0.25, -0.2) is 0 Å². The summed E-state index contributed by atoms with van der Waals surface area (Å²) in [5.74, 6) is 0.837. The first-order valence-corrected chi connectivity index (χ1v) is 11.2. The third kappa shape index (κ3) is 5.18. The highest BCUT2D eigenvalue weighted by atomic mass is 32.2. The van der Waals surface area contributed by atoms with E-state index in [2.05, 4.69) is 15.5 Å². The number of para-hydroxylation sites is 2. The molecule has 0 spiro atoms. The molecule has 1 aromatic heterocycles. The summed E-state index contributed by atoms with van der Waals surface area (Å²) in [6.45, 7) is 4.43. The number of aromatic nitrogens is 2. The van der Waals surface area contributed by atoms with Gasteiger partial charge < -0.3 is 14.5 Å². The van der Waals surface area contributed by atoms with E-state index >= 15 is 0 Å². The van der Waals surface area contributed by atoms with Gasteiger partial charge >= 0.3 is 0 Å². The van der Waals surface area contributed by atoms with Crippen LogP contribution in [0, 0.1) is 6.92 Å². The standard InChI is InChI=1S/C25H23N3O3S/c1-3-30-21-12-8-7-11-20(21)26-23(29)22(18-9-5-4-6-10-18)32-25-28-27-24(31-25)19-15-13-17(2)14-16-19/h4-16,22H,3H2,1-2H3,(H,26,29). The van der Waals surface area contributed by atoms with Crippen LogP contribution in [-0.2, 0) is 4.79 Å². The van der Waals surface area contributed by atoms with Crippen molar-refractivity contribution in [2.45, 2.75) is 24.3 Å². The number of benzene rings is 3. The fraction of sp³-hybridized carbons (Fsp3) is 0.160. The Labute approximate surface area is 191 Å². The minimum absolute atomic E-state index is 0.205. The van der Waals surface area contributed by atoms with Crippen LogP contribution in [0.1, 0.15) is 23.3 Å². The van der Waals surface area contributed by atoms with Gasteiger partial charge in [-0.1, -0.05) is 60.2 Å². The molecule has 0 aliphatic carbocycles. The quantitative estimate of drug-likeness (QED) is 0.340. The van der Waals surface area contributed by atoms with Crippen LogP contribution < -0.4 is 10.1 Å². The molecular formula is C25H23N3O3S. The number of carbonyl (C=O) groups is 1. The number of hydrogen-bond donors (Lipinski definition) is 1. The highest BCUT2D eigenvalue weighted by Gasteiger charge is 2.26. The maximum Gasteiger partial charge on any atom is 0.277 e. The van der Waals surface area contributed by atoms with Crippen molar-refractivity contribution in [3.63, 3.8) is 0 Å². The van der Waals surface area contributed by atoms with Crippen LogP contribution in [0.5, 0.6) is 5.75 Å². The largest absolute Gasteiger partial charge is 0.492 e. The van der Waals surface area contributed by atoms with Crippen LogP contribution in [0.25, 0.3) is 11.5 Å². The topological polar surface area (TPSA) is 77.2 Å². The van der Waals surface area contributed by atoms with E-state index < -0.39 is 5.25 Å². The van der Waals surface area contributed by atoms with Gasteiger partial charge in [0.1, 0.15) is 11.0 Å². The SMILES string of the molecule is CCOc1ccccc1NC(=O)C(Sc1nnc(-c2ccc(C)cc2)o1)c1ccccc1. The molecule has 4 rings (SSSR count). The summed E-state index contributed by atoms with van der Waals surface area (Å²) < 4.78 is 11.5. The minimum atomic E-state index is -0.586. The second-order valence-corrected chi connectivity index (χ2v) is 8.12. The van der Waals surface area contributed by atoms with Crippen molar-refractivity contribution in [1.82, 2.24) is 10.2 Å². The number of carbonyl (C=O) groups excluding carboxylic acids is 1. The fourth-order valence-corrected chi connectivity index (χ4v) is 4.00. The summed E-state index contributed by atoms with van der Waals surface area (Å²) in [7, 11) is 0. The van der Waals surface area contributed by atoms with Crippen LogP contribution in [0.4, 0.5) is 5.69 Å². The van der Waals surface area contributed by atoms with Crippen LogP contribution in [0.3, 0.4) is 0 Å². The molecule has 1 N–H and O–H groups in total. The van der Waals surface area contributed by atoms with E-state index in [1.165, 1.54) is 11.8 Å². The second kappa shape index (κ2) is 10.2. The number of ether oxygens (including phenoxy) is 1. The van der Waals surface area contributed by atoms with E-state index in [0.717, 1.165) is 16.7 Å². The molecule has 162 valence electrons. The van der Waals surface area contributed by atoms with Crippen LogP contribution in [-0.4, -0.2) is 22.7 Å². The van der Waals surface area contributed by atoms with Crippen LogP contribution in [0.15, 0.2) is 88.5 Å². The summed E-state index contributed by atoms with van der Waals surface area (Å²) in [5, 5.41) is 11.0. The zero-order valence-electron chi connectivity index (χ0n) is 17.8. The Balaban J connectivity index is 1.58. The van der Waals surface area contributed by atoms with Crippen molar-refractivity contribution in [2.75, 3.05) is 11.9 Å². The molecule has 0 aliphatic heterocycles. The van der Waals surface area contributed by atoms with E-state index in [4.69, 9.17) is 9.15 Å². The van der Waals surface area contributed by atoms with Gasteiger partial charge in [0.05, 0.1) is 12.3 Å². The smallest absolute Gasteiger partial charge is 0.277 e. The molecule has 1 atom stereocenters. The first-order chi connectivity index (χ1) is 15.6. The van der Waals surface area contributed by atoms with Gasteiger partial charge in [0.25, 0.3) is 5.22 Å². The Morgan fingerprint density at radius 2 is 1.72 bits per heavy atom. The van der Waals surface area contributed by atoms with Crippen molar-refractivity contribution in [3.8, 4) is 17.2 Å². The maximum absolute atomic E-state index is 13.3. The van der Waals surface area contributed by atoms with E-state index in [1.54, 1.807) is 0 Å². The zero-order valence-corrected chi connectivity index (χ0v) is 18.6. The number of hydrogen-bond acceptors (Lipinski definition) is 6. The van der Waals surface area contributed by atoms with E-state index in [-0.39, 0.29) is 5.91 Å². The molecule has 0 saturated heterocycles. The van der Waals surface area contributed by atoms with E-state index in [0.29, 0.717) is 29.2 Å². The Morgan fingerprint density at radius 1 is 1.00 bits per heavy atom. The summed E-state index contributed by atoms with van der Waals surface area (Å²) >= 11 is 1.21. The molecule has 0 bridgehead atoms. The second-order valence-electron chi connectivity index (χ2n) is 7.07. The summed E-state index contributed by atoms with van der Waals surface area (Å²) in [6, 6.07) is 24.7. The number of thioether (sulfide) groups is 1. The first kappa shape index (κ1) is 21.6. The molecule has 7 heteroatoms. The number of anilines is 1. The highest BCUT2D eigenvalue weighted by Crippen LogP contribution is 2.37. The molecule has 0 saturated carbocycles. The van der Waals surface area contributed by atoms with Gasteiger partial charge in [0.15, 0.2) is 0 Å². The molecule has 0 radical (unpaired) electrons. The Morgan fingerprint density at radius 3 is 2.47 bits per heavy atom. The lowest BCUT2D eigenvalue weighted by atomic mass is 10.1. The number of nitrogens with one attached hydrogen (secondary N) is 1. The van der Waals surface area contributed by atoms with Crippen LogP contribution in [0.2, 0.25) is 0 Å². The third-order valence-electron chi connectivity index (χ3n) is 4.71. The van der Waals surface area contributed by atoms with Crippen molar-refractivity contribution in [3.05, 3.63) is 90.0 Å². The zero-order chi connectivity index (χ0) is 22.3. The van der Waals surface area contributed by atoms with E-state index in [1.807, 2.05) is 92.7 Å². The summed E-state index contributed by atoms with van der Waals surface area (Å²) in [4.78, 5) is 13.3. The average Bonchev–Trinajstić information content (AvgIpc) is 3.29. The van der Waals surface area contributed by atoms with Crippen molar-refractivity contribution >= 4 is 23.4 Å². The molecule has 1 unspecified atom stereocenters. The number of nitrogens with zero attached hydrogens (tertiary/aromatic N) is 2. The lowest BCUT2D eigenvalue weighted by Crippen LogP contribution is -2.19. The molecule has 1 heterocycles. The molecule has 3 aromatic carbocycles.